The average Bonchev–Trinajstić information content (AvgIpc) is 3.25. The molecule has 0 fully saturated rings. The average molecular weight is 457 g/mol. The quantitative estimate of drug-likeness (QED) is 0.392. The molecule has 33 heavy (non-hydrogen) atoms. The number of hydrogen-bond acceptors (Lipinski definition) is 3. The minimum atomic E-state index is -0.459. The number of halogens is 1. The van der Waals surface area contributed by atoms with Gasteiger partial charge in [0, 0.05) is 23.4 Å². The molecule has 0 bridgehead atoms. The molecule has 3 aromatic carbocycles. The SMILES string of the molecule is Cc1ccc(F)cc1C(=O)Nc1ccc(C(=O)N2CCc3ccccc3-c3sccc32)cc1. The van der Waals surface area contributed by atoms with Crippen LogP contribution in [0.1, 0.15) is 31.8 Å². The zero-order chi connectivity index (χ0) is 22.9. The highest BCUT2D eigenvalue weighted by Crippen LogP contribution is 2.41. The van der Waals surface area contributed by atoms with Crippen molar-refractivity contribution in [2.24, 2.45) is 0 Å². The fraction of sp³-hybridized carbons (Fsp3) is 0.111. The fourth-order valence-corrected chi connectivity index (χ4v) is 5.09. The van der Waals surface area contributed by atoms with Gasteiger partial charge in [-0.05, 0) is 77.9 Å². The first kappa shape index (κ1) is 21.1. The third-order valence-electron chi connectivity index (χ3n) is 5.88. The molecule has 4 nitrogen and oxygen atoms in total. The zero-order valence-corrected chi connectivity index (χ0v) is 18.8. The van der Waals surface area contributed by atoms with Crippen LogP contribution in [0.4, 0.5) is 15.8 Å². The minimum absolute atomic E-state index is 0.0821. The molecular weight excluding hydrogens is 435 g/mol. The Balaban J connectivity index is 1.36. The van der Waals surface area contributed by atoms with Crippen LogP contribution in [-0.4, -0.2) is 18.4 Å². The van der Waals surface area contributed by atoms with E-state index in [0.29, 0.717) is 23.4 Å². The van der Waals surface area contributed by atoms with Crippen LogP contribution in [0.2, 0.25) is 0 Å². The Morgan fingerprint density at radius 2 is 1.79 bits per heavy atom. The van der Waals surface area contributed by atoms with Crippen molar-refractivity contribution in [2.45, 2.75) is 13.3 Å². The highest BCUT2D eigenvalue weighted by molar-refractivity contribution is 7.14. The van der Waals surface area contributed by atoms with Crippen LogP contribution in [0.15, 0.2) is 78.2 Å². The van der Waals surface area contributed by atoms with E-state index in [0.717, 1.165) is 17.0 Å². The lowest BCUT2D eigenvalue weighted by Crippen LogP contribution is -2.32. The second-order valence-corrected chi connectivity index (χ2v) is 8.91. The summed E-state index contributed by atoms with van der Waals surface area (Å²) in [5, 5.41) is 4.79. The van der Waals surface area contributed by atoms with E-state index in [1.54, 1.807) is 48.6 Å². The first-order valence-electron chi connectivity index (χ1n) is 10.7. The molecule has 1 aliphatic rings. The Labute approximate surface area is 195 Å². The normalized spacial score (nSPS) is 12.5. The molecule has 0 saturated carbocycles. The van der Waals surface area contributed by atoms with Crippen molar-refractivity contribution >= 4 is 34.5 Å². The van der Waals surface area contributed by atoms with E-state index in [9.17, 15) is 14.0 Å². The van der Waals surface area contributed by atoms with Crippen molar-refractivity contribution in [3.63, 3.8) is 0 Å². The third-order valence-corrected chi connectivity index (χ3v) is 6.82. The maximum Gasteiger partial charge on any atom is 0.258 e. The summed E-state index contributed by atoms with van der Waals surface area (Å²) in [6.07, 6.45) is 0.782. The van der Waals surface area contributed by atoms with E-state index in [-0.39, 0.29) is 17.4 Å². The standard InChI is InChI=1S/C27H21FN2O2S/c1-17-6-9-20(28)16-23(17)26(31)29-21-10-7-19(8-11-21)27(32)30-14-12-18-4-2-3-5-22(18)25-24(30)13-15-33-25/h2-11,13,15-16H,12,14H2,1H3,(H,29,31). The van der Waals surface area contributed by atoms with Gasteiger partial charge in [0.25, 0.3) is 11.8 Å². The summed E-state index contributed by atoms with van der Waals surface area (Å²) in [7, 11) is 0. The molecule has 1 aliphatic heterocycles. The molecule has 0 aliphatic carbocycles. The molecule has 1 N–H and O–H groups in total. The van der Waals surface area contributed by atoms with Gasteiger partial charge in [0.15, 0.2) is 0 Å². The summed E-state index contributed by atoms with van der Waals surface area (Å²) in [5.41, 5.74) is 5.40. The Morgan fingerprint density at radius 3 is 2.61 bits per heavy atom. The molecule has 0 radical (unpaired) electrons. The smallest absolute Gasteiger partial charge is 0.258 e. The molecule has 1 aromatic heterocycles. The maximum absolute atomic E-state index is 13.5. The van der Waals surface area contributed by atoms with Crippen molar-refractivity contribution in [1.29, 1.82) is 0 Å². The van der Waals surface area contributed by atoms with Gasteiger partial charge in [0.1, 0.15) is 5.82 Å². The number of benzene rings is 3. The first-order chi connectivity index (χ1) is 16.0. The Kier molecular flexibility index (Phi) is 5.52. The van der Waals surface area contributed by atoms with Gasteiger partial charge < -0.3 is 10.2 Å². The minimum Gasteiger partial charge on any atom is -0.322 e. The number of amides is 2. The van der Waals surface area contributed by atoms with Gasteiger partial charge in [-0.15, -0.1) is 11.3 Å². The summed E-state index contributed by atoms with van der Waals surface area (Å²) in [5.74, 6) is -0.931. The van der Waals surface area contributed by atoms with Crippen LogP contribution in [0.3, 0.4) is 0 Å². The monoisotopic (exact) mass is 456 g/mol. The zero-order valence-electron chi connectivity index (χ0n) is 18.0. The van der Waals surface area contributed by atoms with Crippen LogP contribution in [-0.2, 0) is 6.42 Å². The number of carbonyl (C=O) groups excluding carboxylic acids is 2. The van der Waals surface area contributed by atoms with Gasteiger partial charge in [-0.2, -0.15) is 0 Å². The number of anilines is 2. The summed E-state index contributed by atoms with van der Waals surface area (Å²) in [6.45, 7) is 2.35. The van der Waals surface area contributed by atoms with E-state index in [4.69, 9.17) is 0 Å². The molecule has 6 heteroatoms. The topological polar surface area (TPSA) is 49.4 Å². The molecule has 0 saturated heterocycles. The predicted octanol–water partition coefficient (Wildman–Crippen LogP) is 6.32. The summed E-state index contributed by atoms with van der Waals surface area (Å²) >= 11 is 1.64. The van der Waals surface area contributed by atoms with E-state index in [1.165, 1.54) is 23.3 Å². The van der Waals surface area contributed by atoms with Gasteiger partial charge in [0.05, 0.1) is 10.6 Å². The van der Waals surface area contributed by atoms with Gasteiger partial charge in [0.2, 0.25) is 0 Å². The molecule has 164 valence electrons. The van der Waals surface area contributed by atoms with Crippen LogP contribution in [0.25, 0.3) is 10.4 Å². The van der Waals surface area contributed by atoms with Crippen molar-refractivity contribution in [1.82, 2.24) is 0 Å². The van der Waals surface area contributed by atoms with Gasteiger partial charge in [-0.25, -0.2) is 4.39 Å². The first-order valence-corrected chi connectivity index (χ1v) is 11.5. The predicted molar refractivity (Wildman–Crippen MR) is 131 cm³/mol. The van der Waals surface area contributed by atoms with E-state index in [1.807, 2.05) is 28.5 Å². The van der Waals surface area contributed by atoms with E-state index in [2.05, 4.69) is 17.4 Å². The van der Waals surface area contributed by atoms with Gasteiger partial charge in [-0.3, -0.25) is 9.59 Å². The van der Waals surface area contributed by atoms with Crippen molar-refractivity contribution in [3.05, 3.63) is 106 Å². The van der Waals surface area contributed by atoms with Crippen molar-refractivity contribution < 1.29 is 14.0 Å². The molecule has 0 spiro atoms. The van der Waals surface area contributed by atoms with Crippen molar-refractivity contribution in [2.75, 3.05) is 16.8 Å². The number of thiophene rings is 1. The second-order valence-electron chi connectivity index (χ2n) is 7.99. The van der Waals surface area contributed by atoms with E-state index < -0.39 is 5.82 Å². The van der Waals surface area contributed by atoms with Crippen LogP contribution in [0, 0.1) is 12.7 Å². The number of aryl methyl sites for hydroxylation is 1. The van der Waals surface area contributed by atoms with Crippen molar-refractivity contribution in [3.8, 4) is 10.4 Å². The highest BCUT2D eigenvalue weighted by Gasteiger charge is 2.26. The third kappa shape index (κ3) is 4.05. The lowest BCUT2D eigenvalue weighted by molar-refractivity contribution is 0.0986. The number of rotatable bonds is 3. The number of nitrogens with zero attached hydrogens (tertiary/aromatic N) is 1. The second kappa shape index (κ2) is 8.64. The molecule has 5 rings (SSSR count). The lowest BCUT2D eigenvalue weighted by atomic mass is 10.0. The van der Waals surface area contributed by atoms with Gasteiger partial charge in [-0.1, -0.05) is 30.3 Å². The Bertz CT molecular complexity index is 1360. The Morgan fingerprint density at radius 1 is 1.00 bits per heavy atom. The highest BCUT2D eigenvalue weighted by atomic mass is 32.1. The molecular formula is C27H21FN2O2S. The van der Waals surface area contributed by atoms with Gasteiger partial charge >= 0.3 is 0 Å². The lowest BCUT2D eigenvalue weighted by Gasteiger charge is -2.21. The Hall–Kier alpha value is -3.77. The number of carbonyl (C=O) groups is 2. The summed E-state index contributed by atoms with van der Waals surface area (Å²) < 4.78 is 13.5. The van der Waals surface area contributed by atoms with Crippen LogP contribution in [0.5, 0.6) is 0 Å². The number of nitrogens with one attached hydrogen (secondary N) is 1. The largest absolute Gasteiger partial charge is 0.322 e. The fourth-order valence-electron chi connectivity index (χ4n) is 4.13. The molecule has 4 aromatic rings. The maximum atomic E-state index is 13.5. The number of hydrogen-bond donors (Lipinski definition) is 1. The molecule has 2 heterocycles. The molecule has 0 unspecified atom stereocenters. The summed E-state index contributed by atoms with van der Waals surface area (Å²) in [4.78, 5) is 28.9. The van der Waals surface area contributed by atoms with Crippen LogP contribution >= 0.6 is 11.3 Å². The summed E-state index contributed by atoms with van der Waals surface area (Å²) in [6, 6.07) is 21.2. The van der Waals surface area contributed by atoms with Crippen LogP contribution < -0.4 is 10.2 Å². The number of fused-ring (bicyclic) bond motifs is 3. The van der Waals surface area contributed by atoms with E-state index >= 15 is 0 Å². The molecule has 0 atom stereocenters. The molecule has 2 amide bonds.